The van der Waals surface area contributed by atoms with E-state index in [1.807, 2.05) is 34.6 Å². The van der Waals surface area contributed by atoms with Crippen LogP contribution in [0.15, 0.2) is 15.1 Å². The predicted molar refractivity (Wildman–Crippen MR) is 94.4 cm³/mol. The number of amides is 1. The van der Waals surface area contributed by atoms with E-state index in [4.69, 9.17) is 4.74 Å². The van der Waals surface area contributed by atoms with Gasteiger partial charge in [-0.2, -0.15) is 5.10 Å². The lowest BCUT2D eigenvalue weighted by atomic mass is 10.1. The van der Waals surface area contributed by atoms with Crippen molar-refractivity contribution in [1.29, 1.82) is 0 Å². The van der Waals surface area contributed by atoms with E-state index >= 15 is 0 Å². The van der Waals surface area contributed by atoms with Crippen molar-refractivity contribution in [2.75, 3.05) is 19.6 Å². The van der Waals surface area contributed by atoms with E-state index in [0.717, 1.165) is 12.8 Å². The molecule has 0 aliphatic carbocycles. The summed E-state index contributed by atoms with van der Waals surface area (Å²) in [5.74, 6) is 0.716. The first-order chi connectivity index (χ1) is 10.8. The van der Waals surface area contributed by atoms with E-state index in [9.17, 15) is 4.79 Å². The van der Waals surface area contributed by atoms with Gasteiger partial charge in [0.15, 0.2) is 0 Å². The zero-order chi connectivity index (χ0) is 17.5. The minimum absolute atomic E-state index is 0.0487. The van der Waals surface area contributed by atoms with Crippen LogP contribution in [0.4, 0.5) is 4.79 Å². The van der Waals surface area contributed by atoms with Crippen LogP contribution in [0.3, 0.4) is 0 Å². The van der Waals surface area contributed by atoms with E-state index in [1.54, 1.807) is 9.91 Å². The molecule has 0 aromatic carbocycles. The smallest absolute Gasteiger partial charge is 0.410 e. The lowest BCUT2D eigenvalue weighted by Gasteiger charge is -2.37. The van der Waals surface area contributed by atoms with Gasteiger partial charge in [0.2, 0.25) is 0 Å². The molecule has 1 fully saturated rings. The molecular formula is C16H29N5O2. The Balaban J connectivity index is 2.75. The Hall–Kier alpha value is -1.92. The van der Waals surface area contributed by atoms with E-state index < -0.39 is 5.60 Å². The van der Waals surface area contributed by atoms with Gasteiger partial charge in [-0.05, 0) is 47.5 Å². The van der Waals surface area contributed by atoms with Crippen LogP contribution in [-0.4, -0.2) is 66.2 Å². The fourth-order valence-corrected chi connectivity index (χ4v) is 2.39. The fraction of sp³-hybridized carbons (Fsp3) is 0.750. The van der Waals surface area contributed by atoms with Gasteiger partial charge in [-0.3, -0.25) is 4.99 Å². The maximum absolute atomic E-state index is 12.2. The van der Waals surface area contributed by atoms with E-state index in [2.05, 4.69) is 21.8 Å². The molecule has 1 heterocycles. The van der Waals surface area contributed by atoms with Gasteiger partial charge in [0.1, 0.15) is 17.8 Å². The molecule has 0 unspecified atom stereocenters. The summed E-state index contributed by atoms with van der Waals surface area (Å²) in [6.45, 7) is 15.0. The van der Waals surface area contributed by atoms with E-state index in [1.165, 1.54) is 6.34 Å². The summed E-state index contributed by atoms with van der Waals surface area (Å²) in [6, 6.07) is 0.0487. The van der Waals surface area contributed by atoms with Crippen molar-refractivity contribution < 1.29 is 9.53 Å². The highest BCUT2D eigenvalue weighted by atomic mass is 16.6. The maximum Gasteiger partial charge on any atom is 0.410 e. The number of carbonyl (C=O) groups excluding carboxylic acids is 1. The normalized spacial score (nSPS) is 19.8. The number of carbonyl (C=O) groups is 1. The molecule has 130 valence electrons. The summed E-state index contributed by atoms with van der Waals surface area (Å²) < 4.78 is 5.45. The monoisotopic (exact) mass is 323 g/mol. The Kier molecular flexibility index (Phi) is 7.19. The Morgan fingerprint density at radius 2 is 2.17 bits per heavy atom. The predicted octanol–water partition coefficient (Wildman–Crippen LogP) is 2.77. The van der Waals surface area contributed by atoms with Crippen molar-refractivity contribution in [2.24, 2.45) is 15.1 Å². The van der Waals surface area contributed by atoms with Gasteiger partial charge in [0, 0.05) is 26.4 Å². The molecular weight excluding hydrogens is 294 g/mol. The molecule has 0 aromatic rings. The highest BCUT2D eigenvalue weighted by Crippen LogP contribution is 2.19. The second-order valence-electron chi connectivity index (χ2n) is 6.50. The summed E-state index contributed by atoms with van der Waals surface area (Å²) >= 11 is 0. The number of amidine groups is 1. The molecule has 1 saturated heterocycles. The van der Waals surface area contributed by atoms with Crippen LogP contribution >= 0.6 is 0 Å². The van der Waals surface area contributed by atoms with Crippen molar-refractivity contribution in [1.82, 2.24) is 9.91 Å². The van der Waals surface area contributed by atoms with Crippen LogP contribution < -0.4 is 0 Å². The van der Waals surface area contributed by atoms with E-state index in [0.29, 0.717) is 25.5 Å². The molecule has 0 spiro atoms. The first kappa shape index (κ1) is 19.1. The lowest BCUT2D eigenvalue weighted by Crippen LogP contribution is -2.50. The minimum atomic E-state index is -0.492. The zero-order valence-electron chi connectivity index (χ0n) is 14.9. The van der Waals surface area contributed by atoms with Crippen molar-refractivity contribution in [3.05, 3.63) is 0 Å². The van der Waals surface area contributed by atoms with Crippen LogP contribution in [-0.2, 0) is 4.74 Å². The number of nitrogens with zero attached hydrogens (tertiary/aromatic N) is 5. The topological polar surface area (TPSA) is 69.9 Å². The average Bonchev–Trinajstić information content (AvgIpc) is 2.47. The Morgan fingerprint density at radius 1 is 1.48 bits per heavy atom. The van der Waals surface area contributed by atoms with Crippen molar-refractivity contribution in [2.45, 2.75) is 59.1 Å². The van der Waals surface area contributed by atoms with Gasteiger partial charge in [-0.15, -0.1) is 0 Å². The van der Waals surface area contributed by atoms with Crippen LogP contribution in [0.2, 0.25) is 0 Å². The number of rotatable bonds is 4. The third-order valence-corrected chi connectivity index (χ3v) is 3.39. The Bertz CT molecular complexity index is 468. The lowest BCUT2D eigenvalue weighted by molar-refractivity contribution is 0.0150. The largest absolute Gasteiger partial charge is 0.444 e. The molecule has 1 atom stereocenters. The molecule has 0 radical (unpaired) electrons. The van der Waals surface area contributed by atoms with Crippen LogP contribution in [0.25, 0.3) is 0 Å². The average molecular weight is 323 g/mol. The zero-order valence-corrected chi connectivity index (χ0v) is 14.9. The quantitative estimate of drug-likeness (QED) is 0.454. The standard InChI is InChI=1S/C16H29N5O2/c1-7-18-12-19-13(2)21(17-6)14-9-8-10-20(11-14)15(22)23-16(3,4)5/h12,14H,6-11H2,1-5H3/t14-/m1/s1. The number of hydrogen-bond acceptors (Lipinski definition) is 4. The minimum Gasteiger partial charge on any atom is -0.444 e. The van der Waals surface area contributed by atoms with Crippen LogP contribution in [0.1, 0.15) is 47.5 Å². The molecule has 7 nitrogen and oxygen atoms in total. The maximum atomic E-state index is 12.2. The number of likely N-dealkylation sites (tertiary alicyclic amines) is 1. The molecule has 7 heteroatoms. The molecule has 0 N–H and O–H groups in total. The van der Waals surface area contributed by atoms with Crippen molar-refractivity contribution >= 4 is 25.0 Å². The van der Waals surface area contributed by atoms with Gasteiger partial charge < -0.3 is 9.64 Å². The molecule has 1 aliphatic rings. The second kappa shape index (κ2) is 8.64. The molecule has 1 aliphatic heterocycles. The summed E-state index contributed by atoms with van der Waals surface area (Å²) in [4.78, 5) is 22.3. The summed E-state index contributed by atoms with van der Waals surface area (Å²) in [5, 5.41) is 5.83. The van der Waals surface area contributed by atoms with Crippen molar-refractivity contribution in [3.8, 4) is 0 Å². The third-order valence-electron chi connectivity index (χ3n) is 3.39. The number of ether oxygens (including phenoxy) is 1. The summed E-state index contributed by atoms with van der Waals surface area (Å²) in [7, 11) is 0. The van der Waals surface area contributed by atoms with Gasteiger partial charge in [0.25, 0.3) is 0 Å². The highest BCUT2D eigenvalue weighted by Gasteiger charge is 2.31. The van der Waals surface area contributed by atoms with Gasteiger partial charge in [-0.1, -0.05) is 0 Å². The van der Waals surface area contributed by atoms with Crippen LogP contribution in [0, 0.1) is 0 Å². The highest BCUT2D eigenvalue weighted by molar-refractivity contribution is 5.87. The van der Waals surface area contributed by atoms with Gasteiger partial charge >= 0.3 is 6.09 Å². The molecule has 1 rings (SSSR count). The first-order valence-corrected chi connectivity index (χ1v) is 8.05. The van der Waals surface area contributed by atoms with Gasteiger partial charge in [0.05, 0.1) is 6.04 Å². The third kappa shape index (κ3) is 6.38. The molecule has 0 bridgehead atoms. The molecule has 1 amide bonds. The van der Waals surface area contributed by atoms with Crippen molar-refractivity contribution in [3.63, 3.8) is 0 Å². The number of aliphatic imine (C=N–C) groups is 2. The number of hydrazone groups is 1. The molecule has 23 heavy (non-hydrogen) atoms. The Morgan fingerprint density at radius 3 is 2.74 bits per heavy atom. The SMILES string of the molecule is C=NN(C(C)=NC=NCC)[C@@H]1CCCN(C(=O)OC(C)(C)C)C1. The second-order valence-corrected chi connectivity index (χ2v) is 6.50. The first-order valence-electron chi connectivity index (χ1n) is 8.05. The van der Waals surface area contributed by atoms with Crippen LogP contribution in [0.5, 0.6) is 0 Å². The Labute approximate surface area is 139 Å². The number of hydrogen-bond donors (Lipinski definition) is 0. The fourth-order valence-electron chi connectivity index (χ4n) is 2.39. The van der Waals surface area contributed by atoms with Gasteiger partial charge in [-0.25, -0.2) is 14.8 Å². The molecule has 0 saturated carbocycles. The molecule has 0 aromatic heterocycles. The summed E-state index contributed by atoms with van der Waals surface area (Å²) in [5.41, 5.74) is -0.492. The number of piperidine rings is 1. The summed E-state index contributed by atoms with van der Waals surface area (Å²) in [6.07, 6.45) is 3.07. The van der Waals surface area contributed by atoms with E-state index in [-0.39, 0.29) is 12.1 Å².